The minimum Gasteiger partial charge on any atom is -0.365 e. The first-order valence-electron chi connectivity index (χ1n) is 7.49. The van der Waals surface area contributed by atoms with Crippen molar-refractivity contribution in [3.05, 3.63) is 42.1 Å². The van der Waals surface area contributed by atoms with Gasteiger partial charge >= 0.3 is 0 Å². The minimum atomic E-state index is -0.260. The number of benzene rings is 1. The zero-order valence-electron chi connectivity index (χ0n) is 12.1. The minimum absolute atomic E-state index is 0.260. The Morgan fingerprint density at radius 2 is 2.05 bits per heavy atom. The van der Waals surface area contributed by atoms with E-state index in [9.17, 15) is 5.21 Å². The van der Waals surface area contributed by atoms with Crippen molar-refractivity contribution in [2.45, 2.75) is 31.7 Å². The monoisotopic (exact) mass is 284 g/mol. The van der Waals surface area contributed by atoms with Crippen LogP contribution >= 0.6 is 0 Å². The smallest absolute Gasteiger partial charge is 0.201 e. The van der Waals surface area contributed by atoms with E-state index in [1.54, 1.807) is 18.5 Å². The predicted molar refractivity (Wildman–Crippen MR) is 82.5 cm³/mol. The summed E-state index contributed by atoms with van der Waals surface area (Å²) in [5.74, 6) is 0. The Hall–Kier alpha value is -1.85. The van der Waals surface area contributed by atoms with E-state index < -0.39 is 0 Å². The Bertz CT molecular complexity index is 600. The van der Waals surface area contributed by atoms with Crippen LogP contribution in [0.4, 0.5) is 5.69 Å². The number of aryl methyl sites for hydroxylation is 1. The van der Waals surface area contributed by atoms with Crippen molar-refractivity contribution in [2.24, 2.45) is 4.99 Å². The molecule has 21 heavy (non-hydrogen) atoms. The van der Waals surface area contributed by atoms with Crippen LogP contribution in [0.3, 0.4) is 0 Å². The Morgan fingerprint density at radius 3 is 2.76 bits per heavy atom. The van der Waals surface area contributed by atoms with E-state index in [0.29, 0.717) is 12.1 Å². The summed E-state index contributed by atoms with van der Waals surface area (Å²) < 4.78 is 0. The average molecular weight is 284 g/mol. The number of likely N-dealkylation sites (tertiary alicyclic amines) is 1. The number of hydrogen-bond donors (Lipinski definition) is 1. The zero-order valence-corrected chi connectivity index (χ0v) is 12.1. The molecule has 4 rings (SSSR count). The average Bonchev–Trinajstić information content (AvgIpc) is 3.08. The Kier molecular flexibility index (Phi) is 2.97. The highest BCUT2D eigenvalue weighted by atomic mass is 16.5. The third kappa shape index (κ3) is 2.04. The second-order valence-electron chi connectivity index (χ2n) is 6.05. The van der Waals surface area contributed by atoms with E-state index >= 15 is 0 Å². The lowest BCUT2D eigenvalue weighted by atomic mass is 10.1. The van der Waals surface area contributed by atoms with Crippen LogP contribution in [0, 0.1) is 6.92 Å². The van der Waals surface area contributed by atoms with E-state index in [0.717, 1.165) is 19.5 Å². The molecule has 110 valence electrons. The van der Waals surface area contributed by atoms with Crippen LogP contribution in [-0.4, -0.2) is 52.8 Å². The van der Waals surface area contributed by atoms with E-state index in [2.05, 4.69) is 46.0 Å². The lowest BCUT2D eigenvalue weighted by Crippen LogP contribution is -2.54. The first-order chi connectivity index (χ1) is 10.2. The van der Waals surface area contributed by atoms with E-state index in [1.807, 2.05) is 0 Å². The molecule has 0 aliphatic carbocycles. The molecule has 3 aliphatic heterocycles. The van der Waals surface area contributed by atoms with Crippen LogP contribution < -0.4 is 4.90 Å². The predicted octanol–water partition coefficient (Wildman–Crippen LogP) is 1.83. The largest absolute Gasteiger partial charge is 0.365 e. The fourth-order valence-electron chi connectivity index (χ4n) is 3.80. The van der Waals surface area contributed by atoms with Crippen molar-refractivity contribution in [1.29, 1.82) is 0 Å². The highest BCUT2D eigenvalue weighted by molar-refractivity contribution is 5.71. The number of anilines is 1. The van der Waals surface area contributed by atoms with Gasteiger partial charge in [0.2, 0.25) is 6.29 Å². The number of hydroxylamine groups is 2. The quantitative estimate of drug-likeness (QED) is 0.900. The Morgan fingerprint density at radius 1 is 1.19 bits per heavy atom. The maximum atomic E-state index is 9.96. The fraction of sp³-hybridized carbons (Fsp3) is 0.438. The molecule has 0 amide bonds. The van der Waals surface area contributed by atoms with Gasteiger partial charge in [-0.15, -0.1) is 0 Å². The van der Waals surface area contributed by atoms with Gasteiger partial charge < -0.3 is 4.90 Å². The number of nitrogens with zero attached hydrogens (tertiary/aromatic N) is 4. The molecule has 1 aromatic rings. The maximum absolute atomic E-state index is 9.96. The van der Waals surface area contributed by atoms with Gasteiger partial charge in [0.15, 0.2) is 0 Å². The van der Waals surface area contributed by atoms with Gasteiger partial charge in [0, 0.05) is 43.3 Å². The van der Waals surface area contributed by atoms with Crippen LogP contribution in [0.1, 0.15) is 12.0 Å². The molecule has 1 N–H and O–H groups in total. The topological polar surface area (TPSA) is 42.3 Å². The first-order valence-corrected chi connectivity index (χ1v) is 7.49. The molecule has 2 bridgehead atoms. The van der Waals surface area contributed by atoms with Crippen LogP contribution in [-0.2, 0) is 0 Å². The number of fused-ring (bicyclic) bond motifs is 2. The van der Waals surface area contributed by atoms with E-state index in [4.69, 9.17) is 0 Å². The third-order valence-corrected chi connectivity index (χ3v) is 4.79. The standard InChI is InChI=1S/C16H20N4O/c1-12-5-2-3-6-15(12)18-10-14-9-13(18)11-19(14)16-17-7-4-8-20(16)21/h2-8,13-14,16,21H,9-11H2,1H3/t13-,14-,16?/m0/s1. The molecule has 0 spiro atoms. The van der Waals surface area contributed by atoms with Gasteiger partial charge in [-0.1, -0.05) is 18.2 Å². The molecule has 3 heterocycles. The van der Waals surface area contributed by atoms with Crippen molar-refractivity contribution < 1.29 is 5.21 Å². The van der Waals surface area contributed by atoms with Crippen LogP contribution in [0.25, 0.3) is 0 Å². The molecule has 2 fully saturated rings. The van der Waals surface area contributed by atoms with Gasteiger partial charge in [-0.05, 0) is 31.1 Å². The molecule has 3 aliphatic rings. The highest BCUT2D eigenvalue weighted by Crippen LogP contribution is 2.37. The number of piperazine rings is 1. The summed E-state index contributed by atoms with van der Waals surface area (Å²) in [5, 5.41) is 11.2. The molecular formula is C16H20N4O. The Labute approximate surface area is 124 Å². The van der Waals surface area contributed by atoms with Crippen molar-refractivity contribution in [1.82, 2.24) is 9.96 Å². The van der Waals surface area contributed by atoms with Crippen molar-refractivity contribution in [2.75, 3.05) is 18.0 Å². The lowest BCUT2D eigenvalue weighted by Gasteiger charge is -2.40. The van der Waals surface area contributed by atoms with Gasteiger partial charge in [-0.25, -0.2) is 5.06 Å². The maximum Gasteiger partial charge on any atom is 0.201 e. The lowest BCUT2D eigenvalue weighted by molar-refractivity contribution is -0.134. The number of rotatable bonds is 2. The zero-order chi connectivity index (χ0) is 14.4. The second kappa shape index (κ2) is 4.86. The summed E-state index contributed by atoms with van der Waals surface area (Å²) in [6, 6.07) is 9.55. The number of allylic oxidation sites excluding steroid dienone is 1. The number of hydrogen-bond acceptors (Lipinski definition) is 5. The molecule has 5 nitrogen and oxygen atoms in total. The van der Waals surface area contributed by atoms with E-state index in [1.165, 1.54) is 16.3 Å². The third-order valence-electron chi connectivity index (χ3n) is 4.79. The first kappa shape index (κ1) is 12.9. The molecule has 3 atom stereocenters. The van der Waals surface area contributed by atoms with E-state index in [-0.39, 0.29) is 6.29 Å². The number of aliphatic imine (C=N–C) groups is 1. The normalized spacial score (nSPS) is 31.4. The van der Waals surface area contributed by atoms with Gasteiger partial charge in [-0.2, -0.15) is 0 Å². The van der Waals surface area contributed by atoms with Crippen molar-refractivity contribution >= 4 is 11.9 Å². The summed E-state index contributed by atoms with van der Waals surface area (Å²) in [5.41, 5.74) is 2.68. The summed E-state index contributed by atoms with van der Waals surface area (Å²) >= 11 is 0. The van der Waals surface area contributed by atoms with Gasteiger partial charge in [0.05, 0.1) is 0 Å². The molecular weight excluding hydrogens is 264 g/mol. The fourth-order valence-corrected chi connectivity index (χ4v) is 3.80. The summed E-state index contributed by atoms with van der Waals surface area (Å²) in [7, 11) is 0. The molecule has 5 heteroatoms. The number of para-hydroxylation sites is 1. The SMILES string of the molecule is Cc1ccccc1N1C[C@@H]2C[C@H]1CN2C1N=CC=CN1O. The van der Waals surface area contributed by atoms with Crippen molar-refractivity contribution in [3.8, 4) is 0 Å². The second-order valence-corrected chi connectivity index (χ2v) is 6.05. The summed E-state index contributed by atoms with van der Waals surface area (Å²) in [6.07, 6.45) is 6.08. The molecule has 1 unspecified atom stereocenters. The van der Waals surface area contributed by atoms with Crippen LogP contribution in [0.5, 0.6) is 0 Å². The summed E-state index contributed by atoms with van der Waals surface area (Å²) in [6.45, 7) is 4.13. The molecule has 1 aromatic carbocycles. The van der Waals surface area contributed by atoms with Gasteiger partial charge in [0.1, 0.15) is 0 Å². The highest BCUT2D eigenvalue weighted by Gasteiger charge is 2.47. The Balaban J connectivity index is 1.52. The molecule has 2 saturated heterocycles. The molecule has 0 radical (unpaired) electrons. The van der Waals surface area contributed by atoms with Gasteiger partial charge in [0.25, 0.3) is 0 Å². The van der Waals surface area contributed by atoms with Gasteiger partial charge in [-0.3, -0.25) is 15.1 Å². The van der Waals surface area contributed by atoms with Crippen LogP contribution in [0.15, 0.2) is 41.5 Å². The molecule has 0 saturated carbocycles. The van der Waals surface area contributed by atoms with Crippen LogP contribution in [0.2, 0.25) is 0 Å². The van der Waals surface area contributed by atoms with Crippen molar-refractivity contribution in [3.63, 3.8) is 0 Å². The molecule has 0 aromatic heterocycles. The summed E-state index contributed by atoms with van der Waals surface area (Å²) in [4.78, 5) is 9.22.